The van der Waals surface area contributed by atoms with Gasteiger partial charge in [-0.15, -0.1) is 0 Å². The molecule has 0 aliphatic heterocycles. The normalized spacial score (nSPS) is 10.3. The summed E-state index contributed by atoms with van der Waals surface area (Å²) in [5, 5.41) is 1.13. The summed E-state index contributed by atoms with van der Waals surface area (Å²) in [4.78, 5) is 0.272. The summed E-state index contributed by atoms with van der Waals surface area (Å²) in [7, 11) is 0. The Morgan fingerprint density at radius 2 is 1.74 bits per heavy atom. The first-order chi connectivity index (χ1) is 8.99. The second-order valence-electron chi connectivity index (χ2n) is 3.66. The number of nitrogens with two attached hydrogens (primary N) is 1. The van der Waals surface area contributed by atoms with Gasteiger partial charge in [0.25, 0.3) is 0 Å². The molecule has 0 aliphatic carbocycles. The molecule has 0 aliphatic rings. The molecule has 2 aromatic carbocycles. The molecule has 0 amide bonds. The fraction of sp³-hybridized carbons (Fsp3) is 0. The molecule has 0 saturated heterocycles. The van der Waals surface area contributed by atoms with E-state index in [9.17, 15) is 0 Å². The van der Waals surface area contributed by atoms with Crippen LogP contribution in [0, 0.1) is 0 Å². The van der Waals surface area contributed by atoms with Crippen molar-refractivity contribution in [2.45, 2.75) is 0 Å². The molecule has 2 nitrogen and oxygen atoms in total. The molecule has 0 fully saturated rings. The molecule has 98 valence electrons. The highest BCUT2D eigenvalue weighted by Crippen LogP contribution is 2.37. The van der Waals surface area contributed by atoms with Crippen LogP contribution in [0.2, 0.25) is 15.1 Å². The van der Waals surface area contributed by atoms with E-state index in [1.165, 1.54) is 0 Å². The zero-order chi connectivity index (χ0) is 14.0. The van der Waals surface area contributed by atoms with E-state index < -0.39 is 0 Å². The van der Waals surface area contributed by atoms with E-state index in [0.717, 1.165) is 0 Å². The van der Waals surface area contributed by atoms with Crippen molar-refractivity contribution in [3.05, 3.63) is 57.0 Å². The van der Waals surface area contributed by atoms with Gasteiger partial charge in [0, 0.05) is 5.56 Å². The van der Waals surface area contributed by atoms with E-state index in [1.54, 1.807) is 36.4 Å². The molecule has 2 N–H and O–H groups in total. The van der Waals surface area contributed by atoms with Crippen LogP contribution in [0.25, 0.3) is 0 Å². The molecule has 0 spiro atoms. The fourth-order valence-electron chi connectivity index (χ4n) is 1.42. The van der Waals surface area contributed by atoms with Crippen LogP contribution in [0.5, 0.6) is 11.5 Å². The lowest BCUT2D eigenvalue weighted by Gasteiger charge is -2.10. The average molecular weight is 333 g/mol. The fourth-order valence-corrected chi connectivity index (χ4v) is 2.09. The summed E-state index contributed by atoms with van der Waals surface area (Å²) in [5.41, 5.74) is 6.19. The third kappa shape index (κ3) is 3.31. The van der Waals surface area contributed by atoms with Gasteiger partial charge in [-0.3, -0.25) is 0 Å². The van der Waals surface area contributed by atoms with Crippen LogP contribution in [0.15, 0.2) is 36.4 Å². The number of rotatable bonds is 3. The predicted octanol–water partition coefficient (Wildman–Crippen LogP) is 5.07. The van der Waals surface area contributed by atoms with Crippen molar-refractivity contribution in [1.29, 1.82) is 0 Å². The van der Waals surface area contributed by atoms with Crippen molar-refractivity contribution in [1.82, 2.24) is 0 Å². The molecule has 0 atom stereocenters. The third-order valence-electron chi connectivity index (χ3n) is 2.35. The maximum atomic E-state index is 6.10. The summed E-state index contributed by atoms with van der Waals surface area (Å²) in [6.07, 6.45) is 0. The summed E-state index contributed by atoms with van der Waals surface area (Å²) >= 11 is 22.9. The van der Waals surface area contributed by atoms with Crippen molar-refractivity contribution < 1.29 is 4.74 Å². The van der Waals surface area contributed by atoms with Gasteiger partial charge in [-0.05, 0) is 30.3 Å². The van der Waals surface area contributed by atoms with Gasteiger partial charge in [0.2, 0.25) is 0 Å². The molecule has 0 saturated carbocycles. The van der Waals surface area contributed by atoms with E-state index >= 15 is 0 Å². The van der Waals surface area contributed by atoms with E-state index in [0.29, 0.717) is 32.1 Å². The van der Waals surface area contributed by atoms with Crippen LogP contribution in [0.3, 0.4) is 0 Å². The summed E-state index contributed by atoms with van der Waals surface area (Å²) in [6.45, 7) is 0. The quantitative estimate of drug-likeness (QED) is 0.797. The number of halogens is 3. The molecule has 19 heavy (non-hydrogen) atoms. The highest BCUT2D eigenvalue weighted by Gasteiger charge is 2.10. The van der Waals surface area contributed by atoms with E-state index in [4.69, 9.17) is 57.5 Å². The minimum Gasteiger partial charge on any atom is -0.454 e. The number of ether oxygens (including phenoxy) is 1. The lowest BCUT2D eigenvalue weighted by molar-refractivity contribution is 0.483. The zero-order valence-corrected chi connectivity index (χ0v) is 12.6. The Bertz CT molecular complexity index is 646. The number of hydrogen-bond acceptors (Lipinski definition) is 2. The van der Waals surface area contributed by atoms with Gasteiger partial charge in [-0.2, -0.15) is 0 Å². The summed E-state index contributed by atoms with van der Waals surface area (Å²) in [6, 6.07) is 10.1. The third-order valence-corrected chi connectivity index (χ3v) is 3.69. The number of benzene rings is 2. The van der Waals surface area contributed by atoms with Crippen LogP contribution in [0.1, 0.15) is 5.56 Å². The summed E-state index contributed by atoms with van der Waals surface area (Å²) < 4.78 is 5.62. The van der Waals surface area contributed by atoms with Gasteiger partial charge in [-0.25, -0.2) is 0 Å². The zero-order valence-electron chi connectivity index (χ0n) is 9.49. The van der Waals surface area contributed by atoms with Gasteiger partial charge < -0.3 is 10.5 Å². The smallest absolute Gasteiger partial charge is 0.147 e. The van der Waals surface area contributed by atoms with Gasteiger partial charge >= 0.3 is 0 Å². The first-order valence-electron chi connectivity index (χ1n) is 5.20. The first kappa shape index (κ1) is 14.4. The monoisotopic (exact) mass is 331 g/mol. The Morgan fingerprint density at radius 3 is 2.37 bits per heavy atom. The SMILES string of the molecule is NC(=S)c1ccc(Oc2cccc(Cl)c2Cl)c(Cl)c1. The Kier molecular flexibility index (Phi) is 4.53. The predicted molar refractivity (Wildman–Crippen MR) is 83.9 cm³/mol. The van der Waals surface area contributed by atoms with Crippen molar-refractivity contribution in [3.63, 3.8) is 0 Å². The van der Waals surface area contributed by atoms with Crippen molar-refractivity contribution in [3.8, 4) is 11.5 Å². The Labute approximate surface area is 131 Å². The molecule has 6 heteroatoms. The van der Waals surface area contributed by atoms with Crippen LogP contribution < -0.4 is 10.5 Å². The highest BCUT2D eigenvalue weighted by molar-refractivity contribution is 7.80. The van der Waals surface area contributed by atoms with Crippen LogP contribution in [-0.2, 0) is 0 Å². The average Bonchev–Trinajstić information content (AvgIpc) is 2.37. The second-order valence-corrected chi connectivity index (χ2v) is 5.30. The molecule has 0 bridgehead atoms. The molecular formula is C13H8Cl3NOS. The first-order valence-corrected chi connectivity index (χ1v) is 6.74. The maximum Gasteiger partial charge on any atom is 0.147 e. The molecule has 2 rings (SSSR count). The minimum atomic E-state index is 0.272. The van der Waals surface area contributed by atoms with Crippen molar-refractivity contribution in [2.75, 3.05) is 0 Å². The van der Waals surface area contributed by atoms with Crippen LogP contribution >= 0.6 is 47.0 Å². The van der Waals surface area contributed by atoms with E-state index in [-0.39, 0.29) is 4.99 Å². The highest BCUT2D eigenvalue weighted by atomic mass is 35.5. The maximum absolute atomic E-state index is 6.10. The molecule has 0 aromatic heterocycles. The van der Waals surface area contributed by atoms with Crippen molar-refractivity contribution >= 4 is 52.0 Å². The molecule has 0 radical (unpaired) electrons. The van der Waals surface area contributed by atoms with Gasteiger partial charge in [-0.1, -0.05) is 53.1 Å². The van der Waals surface area contributed by atoms with Gasteiger partial charge in [0.1, 0.15) is 21.5 Å². The number of hydrogen-bond donors (Lipinski definition) is 1. The Morgan fingerprint density at radius 1 is 1.00 bits per heavy atom. The Hall–Kier alpha value is -1.000. The lowest BCUT2D eigenvalue weighted by atomic mass is 10.2. The largest absolute Gasteiger partial charge is 0.454 e. The van der Waals surface area contributed by atoms with E-state index in [1.807, 2.05) is 0 Å². The Balaban J connectivity index is 2.34. The standard InChI is InChI=1S/C13H8Cl3NOS/c14-8-2-1-3-11(12(8)16)18-10-5-4-7(13(17)19)6-9(10)15/h1-6H,(H2,17,19). The molecule has 2 aromatic rings. The van der Waals surface area contributed by atoms with E-state index in [2.05, 4.69) is 0 Å². The number of thiocarbonyl (C=S) groups is 1. The topological polar surface area (TPSA) is 35.2 Å². The summed E-state index contributed by atoms with van der Waals surface area (Å²) in [5.74, 6) is 0.880. The lowest BCUT2D eigenvalue weighted by Crippen LogP contribution is -2.08. The van der Waals surface area contributed by atoms with Crippen LogP contribution in [-0.4, -0.2) is 4.99 Å². The molecular weight excluding hydrogens is 325 g/mol. The van der Waals surface area contributed by atoms with Crippen LogP contribution in [0.4, 0.5) is 0 Å². The van der Waals surface area contributed by atoms with Gasteiger partial charge in [0.05, 0.1) is 10.0 Å². The van der Waals surface area contributed by atoms with Gasteiger partial charge in [0.15, 0.2) is 0 Å². The minimum absolute atomic E-state index is 0.272. The molecule has 0 heterocycles. The molecule has 0 unspecified atom stereocenters. The second kappa shape index (κ2) is 5.97. The van der Waals surface area contributed by atoms with Crippen molar-refractivity contribution in [2.24, 2.45) is 5.73 Å².